The molecule has 0 spiro atoms. The third-order valence-corrected chi connectivity index (χ3v) is 6.38. The molecule has 0 heterocycles. The van der Waals surface area contributed by atoms with E-state index in [-0.39, 0.29) is 16.3 Å². The van der Waals surface area contributed by atoms with E-state index in [9.17, 15) is 13.2 Å². The van der Waals surface area contributed by atoms with Crippen LogP contribution in [0.15, 0.2) is 77.7 Å². The van der Waals surface area contributed by atoms with Crippen molar-refractivity contribution >= 4 is 33.2 Å². The molecule has 0 fully saturated rings. The first-order valence-corrected chi connectivity index (χ1v) is 11.4. The van der Waals surface area contributed by atoms with Gasteiger partial charge in [-0.25, -0.2) is 8.42 Å². The van der Waals surface area contributed by atoms with Crippen LogP contribution in [0.25, 0.3) is 0 Å². The van der Waals surface area contributed by atoms with Crippen LogP contribution < -0.4 is 14.8 Å². The maximum atomic E-state index is 13.0. The summed E-state index contributed by atoms with van der Waals surface area (Å²) in [5.41, 5.74) is 2.39. The maximum Gasteiger partial charge on any atom is 0.242 e. The predicted molar refractivity (Wildman–Crippen MR) is 122 cm³/mol. The number of halogens is 1. The molecule has 1 unspecified atom stereocenters. The van der Waals surface area contributed by atoms with Crippen LogP contribution in [0.4, 0.5) is 5.69 Å². The Morgan fingerprint density at radius 2 is 1.77 bits per heavy atom. The Morgan fingerprint density at radius 3 is 2.42 bits per heavy atom. The van der Waals surface area contributed by atoms with E-state index in [4.69, 9.17) is 16.3 Å². The van der Waals surface area contributed by atoms with Crippen LogP contribution in [0.2, 0.25) is 5.02 Å². The van der Waals surface area contributed by atoms with Gasteiger partial charge in [0.2, 0.25) is 15.9 Å². The van der Waals surface area contributed by atoms with Crippen LogP contribution in [-0.4, -0.2) is 27.5 Å². The highest BCUT2D eigenvalue weighted by atomic mass is 35.5. The number of hydrogen-bond acceptors (Lipinski definition) is 4. The van der Waals surface area contributed by atoms with E-state index in [1.54, 1.807) is 6.07 Å². The number of ether oxygens (including phenoxy) is 1. The van der Waals surface area contributed by atoms with Crippen molar-refractivity contribution in [3.63, 3.8) is 0 Å². The second-order valence-corrected chi connectivity index (χ2v) is 9.14. The molecule has 0 aliphatic rings. The molecule has 2 N–H and O–H groups in total. The van der Waals surface area contributed by atoms with Crippen molar-refractivity contribution in [1.29, 1.82) is 0 Å². The van der Waals surface area contributed by atoms with Gasteiger partial charge < -0.3 is 10.1 Å². The molecule has 0 saturated carbocycles. The molecule has 0 bridgehead atoms. The Kier molecular flexibility index (Phi) is 7.33. The Morgan fingerprint density at radius 1 is 1.03 bits per heavy atom. The van der Waals surface area contributed by atoms with Gasteiger partial charge >= 0.3 is 0 Å². The van der Waals surface area contributed by atoms with Crippen LogP contribution in [0.5, 0.6) is 5.75 Å². The predicted octanol–water partition coefficient (Wildman–Crippen LogP) is 4.19. The lowest BCUT2D eigenvalue weighted by molar-refractivity contribution is -0.117. The summed E-state index contributed by atoms with van der Waals surface area (Å²) in [7, 11) is -2.58. The number of carbonyl (C=O) groups excluding carboxylic acids is 1. The summed E-state index contributed by atoms with van der Waals surface area (Å²) in [5, 5.41) is 2.96. The number of methoxy groups -OCH3 is 1. The summed E-state index contributed by atoms with van der Waals surface area (Å²) in [6.07, 6.45) is 0.182. The topological polar surface area (TPSA) is 84.5 Å². The molecule has 0 aromatic heterocycles. The zero-order valence-electron chi connectivity index (χ0n) is 17.1. The third kappa shape index (κ3) is 6.07. The van der Waals surface area contributed by atoms with Gasteiger partial charge in [-0.1, -0.05) is 54.1 Å². The average molecular weight is 459 g/mol. The fourth-order valence-corrected chi connectivity index (χ4v) is 4.60. The molecule has 162 valence electrons. The summed E-state index contributed by atoms with van der Waals surface area (Å²) in [5.74, 6) is -0.101. The van der Waals surface area contributed by atoms with E-state index in [1.165, 1.54) is 25.3 Å². The van der Waals surface area contributed by atoms with Crippen LogP contribution in [0.3, 0.4) is 0 Å². The molecule has 1 atom stereocenters. The molecule has 3 aromatic rings. The first-order chi connectivity index (χ1) is 14.8. The first kappa shape index (κ1) is 22.8. The second kappa shape index (κ2) is 9.96. The van der Waals surface area contributed by atoms with Crippen molar-refractivity contribution in [3.05, 3.63) is 88.9 Å². The summed E-state index contributed by atoms with van der Waals surface area (Å²) < 4.78 is 33.6. The van der Waals surface area contributed by atoms with Gasteiger partial charge in [-0.05, 0) is 54.8 Å². The van der Waals surface area contributed by atoms with Gasteiger partial charge in [0.1, 0.15) is 11.8 Å². The largest absolute Gasteiger partial charge is 0.495 e. The van der Waals surface area contributed by atoms with Gasteiger partial charge in [0.05, 0.1) is 17.0 Å². The maximum absolute atomic E-state index is 13.0. The fourth-order valence-electron chi connectivity index (χ4n) is 3.06. The van der Waals surface area contributed by atoms with E-state index in [0.29, 0.717) is 11.4 Å². The van der Waals surface area contributed by atoms with E-state index < -0.39 is 22.0 Å². The number of nitrogens with one attached hydrogen (secondary N) is 2. The number of hydrogen-bond donors (Lipinski definition) is 2. The van der Waals surface area contributed by atoms with Crippen LogP contribution >= 0.6 is 11.6 Å². The lowest BCUT2D eigenvalue weighted by Gasteiger charge is -2.19. The van der Waals surface area contributed by atoms with E-state index in [1.807, 2.05) is 55.5 Å². The molecule has 1 amide bonds. The fraction of sp³-hybridized carbons (Fsp3) is 0.174. The lowest BCUT2D eigenvalue weighted by atomic mass is 10.1. The van der Waals surface area contributed by atoms with E-state index >= 15 is 0 Å². The Hall–Kier alpha value is -2.87. The van der Waals surface area contributed by atoms with Gasteiger partial charge in [-0.15, -0.1) is 0 Å². The monoisotopic (exact) mass is 458 g/mol. The summed E-state index contributed by atoms with van der Waals surface area (Å²) in [6.45, 7) is 1.91. The smallest absolute Gasteiger partial charge is 0.242 e. The number of aryl methyl sites for hydroxylation is 1. The zero-order valence-corrected chi connectivity index (χ0v) is 18.7. The first-order valence-electron chi connectivity index (χ1n) is 9.56. The summed E-state index contributed by atoms with van der Waals surface area (Å²) in [4.78, 5) is 13.0. The normalized spacial score (nSPS) is 12.2. The number of rotatable bonds is 8. The molecule has 6 nitrogen and oxygen atoms in total. The molecule has 0 aliphatic heterocycles. The minimum Gasteiger partial charge on any atom is -0.495 e. The SMILES string of the molecule is COc1ccc(S(=O)(=O)NC(Cc2ccccc2)C(=O)Nc2cccc(C)c2)cc1Cl. The minimum absolute atomic E-state index is 0.0558. The molecule has 0 saturated heterocycles. The Labute approximate surface area is 187 Å². The highest BCUT2D eigenvalue weighted by Gasteiger charge is 2.27. The van der Waals surface area contributed by atoms with Gasteiger partial charge in [0, 0.05) is 5.69 Å². The van der Waals surface area contributed by atoms with Gasteiger partial charge in [0.25, 0.3) is 0 Å². The molecule has 0 radical (unpaired) electrons. The van der Waals surface area contributed by atoms with E-state index in [0.717, 1.165) is 11.1 Å². The van der Waals surface area contributed by atoms with Crippen LogP contribution in [0.1, 0.15) is 11.1 Å². The van der Waals surface area contributed by atoms with Crippen molar-refractivity contribution in [2.75, 3.05) is 12.4 Å². The molecular formula is C23H23ClN2O4S. The van der Waals surface area contributed by atoms with Gasteiger partial charge in [-0.2, -0.15) is 4.72 Å². The Balaban J connectivity index is 1.88. The summed E-state index contributed by atoms with van der Waals surface area (Å²) in [6, 6.07) is 19.6. The number of sulfonamides is 1. The highest BCUT2D eigenvalue weighted by molar-refractivity contribution is 7.89. The average Bonchev–Trinajstić information content (AvgIpc) is 2.74. The van der Waals surface area contributed by atoms with Crippen molar-refractivity contribution in [2.24, 2.45) is 0 Å². The molecular weight excluding hydrogens is 436 g/mol. The van der Waals surface area contributed by atoms with Crippen molar-refractivity contribution < 1.29 is 17.9 Å². The molecule has 8 heteroatoms. The number of anilines is 1. The van der Waals surface area contributed by atoms with Gasteiger partial charge in [0.15, 0.2) is 0 Å². The number of amides is 1. The quantitative estimate of drug-likeness (QED) is 0.530. The molecule has 31 heavy (non-hydrogen) atoms. The van der Waals surface area contributed by atoms with Crippen LogP contribution in [-0.2, 0) is 21.2 Å². The molecule has 3 aromatic carbocycles. The minimum atomic E-state index is -4.02. The molecule has 0 aliphatic carbocycles. The zero-order chi connectivity index (χ0) is 22.4. The molecule has 3 rings (SSSR count). The van der Waals surface area contributed by atoms with Crippen molar-refractivity contribution in [1.82, 2.24) is 4.72 Å². The number of carbonyl (C=O) groups is 1. The van der Waals surface area contributed by atoms with E-state index in [2.05, 4.69) is 10.0 Å². The van der Waals surface area contributed by atoms with Crippen LogP contribution in [0, 0.1) is 6.92 Å². The van der Waals surface area contributed by atoms with Gasteiger partial charge in [-0.3, -0.25) is 4.79 Å². The second-order valence-electron chi connectivity index (χ2n) is 7.02. The standard InChI is InChI=1S/C23H23ClN2O4S/c1-16-7-6-10-18(13-16)25-23(27)21(14-17-8-4-3-5-9-17)26-31(28,29)19-11-12-22(30-2)20(24)15-19/h3-13,15,21,26H,14H2,1-2H3,(H,25,27). The number of benzene rings is 3. The third-order valence-electron chi connectivity index (χ3n) is 4.62. The lowest BCUT2D eigenvalue weighted by Crippen LogP contribution is -2.45. The van der Waals surface area contributed by atoms with Crippen molar-refractivity contribution in [2.45, 2.75) is 24.3 Å². The van der Waals surface area contributed by atoms with Crippen molar-refractivity contribution in [3.8, 4) is 5.75 Å². The highest BCUT2D eigenvalue weighted by Crippen LogP contribution is 2.27. The summed E-state index contributed by atoms with van der Waals surface area (Å²) >= 11 is 6.09. The Bertz CT molecular complexity index is 1170.